The molecule has 7 heteroatoms. The van der Waals surface area contributed by atoms with E-state index in [9.17, 15) is 13.2 Å². The van der Waals surface area contributed by atoms with E-state index in [0.29, 0.717) is 30.1 Å². The zero-order valence-electron chi connectivity index (χ0n) is 13.4. The van der Waals surface area contributed by atoms with Gasteiger partial charge >= 0.3 is 0 Å². The van der Waals surface area contributed by atoms with Crippen LogP contribution in [0, 0.1) is 12.8 Å². The second-order valence-corrected chi connectivity index (χ2v) is 9.35. The molecule has 0 saturated carbocycles. The molecule has 0 unspecified atom stereocenters. The van der Waals surface area contributed by atoms with Crippen LogP contribution in [-0.4, -0.2) is 31.7 Å². The highest BCUT2D eigenvalue weighted by atomic mass is 32.2. The fourth-order valence-corrected chi connectivity index (χ4v) is 5.71. The fourth-order valence-electron chi connectivity index (χ4n) is 2.80. The predicted octanol–water partition coefficient (Wildman–Crippen LogP) is 3.10. The summed E-state index contributed by atoms with van der Waals surface area (Å²) in [6.07, 6.45) is 1.09. The first-order chi connectivity index (χ1) is 11.5. The topological polar surface area (TPSA) is 66.5 Å². The largest absolute Gasteiger partial charge is 0.326 e. The fraction of sp³-hybridized carbons (Fsp3) is 0.353. The van der Waals surface area contributed by atoms with Gasteiger partial charge in [0.1, 0.15) is 4.21 Å². The summed E-state index contributed by atoms with van der Waals surface area (Å²) in [6, 6.07) is 12.8. The molecule has 0 radical (unpaired) electrons. The summed E-state index contributed by atoms with van der Waals surface area (Å²) in [5.41, 5.74) is 0.770. The van der Waals surface area contributed by atoms with Gasteiger partial charge in [-0.1, -0.05) is 18.2 Å². The number of thiophene rings is 1. The molecule has 2 heterocycles. The molecular formula is C17H20N2O3S2. The van der Waals surface area contributed by atoms with Crippen LogP contribution in [0.3, 0.4) is 0 Å². The third kappa shape index (κ3) is 3.68. The quantitative estimate of drug-likeness (QED) is 0.906. The van der Waals surface area contributed by atoms with Crippen molar-refractivity contribution in [2.45, 2.75) is 24.0 Å². The van der Waals surface area contributed by atoms with Gasteiger partial charge in [-0.2, -0.15) is 4.31 Å². The second-order valence-electron chi connectivity index (χ2n) is 5.90. The maximum atomic E-state index is 12.6. The van der Waals surface area contributed by atoms with Crippen LogP contribution in [0.1, 0.15) is 17.7 Å². The van der Waals surface area contributed by atoms with Gasteiger partial charge < -0.3 is 5.32 Å². The minimum atomic E-state index is -3.43. The number of nitrogens with one attached hydrogen (secondary N) is 1. The van der Waals surface area contributed by atoms with Crippen LogP contribution >= 0.6 is 11.3 Å². The van der Waals surface area contributed by atoms with Crippen LogP contribution < -0.4 is 5.32 Å². The van der Waals surface area contributed by atoms with E-state index in [1.165, 1.54) is 15.6 Å². The molecule has 0 bridgehead atoms. The molecular weight excluding hydrogens is 344 g/mol. The van der Waals surface area contributed by atoms with E-state index < -0.39 is 10.0 Å². The zero-order valence-corrected chi connectivity index (χ0v) is 15.1. The minimum absolute atomic E-state index is 0.0368. The molecule has 0 atom stereocenters. The average molecular weight is 364 g/mol. The molecule has 1 aromatic carbocycles. The van der Waals surface area contributed by atoms with Crippen LogP contribution in [-0.2, 0) is 14.8 Å². The molecule has 1 amide bonds. The Kier molecular flexibility index (Phi) is 5.03. The Hall–Kier alpha value is -1.70. The lowest BCUT2D eigenvalue weighted by Crippen LogP contribution is -2.41. The number of hydrogen-bond donors (Lipinski definition) is 1. The number of aryl methyl sites for hydroxylation is 1. The number of benzene rings is 1. The summed E-state index contributed by atoms with van der Waals surface area (Å²) in [4.78, 5) is 13.3. The molecule has 1 aromatic heterocycles. The van der Waals surface area contributed by atoms with Crippen LogP contribution in [0.2, 0.25) is 0 Å². The summed E-state index contributed by atoms with van der Waals surface area (Å²) in [5.74, 6) is -0.188. The molecule has 24 heavy (non-hydrogen) atoms. The van der Waals surface area contributed by atoms with Gasteiger partial charge in [-0.15, -0.1) is 11.3 Å². The number of carbonyl (C=O) groups excluding carboxylic acids is 1. The molecule has 1 aliphatic rings. The summed E-state index contributed by atoms with van der Waals surface area (Å²) < 4.78 is 27.1. The number of anilines is 1. The Balaban J connectivity index is 1.60. The van der Waals surface area contributed by atoms with Crippen molar-refractivity contribution in [2.75, 3.05) is 18.4 Å². The van der Waals surface area contributed by atoms with E-state index in [2.05, 4.69) is 5.32 Å². The van der Waals surface area contributed by atoms with Crippen molar-refractivity contribution in [1.29, 1.82) is 0 Å². The predicted molar refractivity (Wildman–Crippen MR) is 95.6 cm³/mol. The van der Waals surface area contributed by atoms with Crippen LogP contribution in [0.25, 0.3) is 0 Å². The highest BCUT2D eigenvalue weighted by Gasteiger charge is 2.32. The molecule has 3 rings (SSSR count). The Morgan fingerprint density at radius 2 is 1.79 bits per heavy atom. The van der Waals surface area contributed by atoms with Gasteiger partial charge in [0.2, 0.25) is 5.91 Å². The number of piperidine rings is 1. The molecule has 128 valence electrons. The van der Waals surface area contributed by atoms with Crippen molar-refractivity contribution < 1.29 is 13.2 Å². The second kappa shape index (κ2) is 7.04. The van der Waals surface area contributed by atoms with Crippen molar-refractivity contribution in [3.05, 3.63) is 47.3 Å². The standard InChI is InChI=1S/C17H20N2O3S2/c1-13-7-8-16(23-13)24(21,22)19-11-9-14(10-12-19)17(20)18-15-5-3-2-4-6-15/h2-8,14H,9-12H2,1H3,(H,18,20). The molecule has 1 N–H and O–H groups in total. The lowest BCUT2D eigenvalue weighted by molar-refractivity contribution is -0.120. The molecule has 0 aliphatic carbocycles. The summed E-state index contributed by atoms with van der Waals surface area (Å²) in [5, 5.41) is 2.90. The molecule has 5 nitrogen and oxygen atoms in total. The number of sulfonamides is 1. The Morgan fingerprint density at radius 3 is 2.38 bits per heavy atom. The first-order valence-electron chi connectivity index (χ1n) is 7.89. The number of carbonyl (C=O) groups is 1. The van der Waals surface area contributed by atoms with Gasteiger partial charge in [0.05, 0.1) is 0 Å². The van der Waals surface area contributed by atoms with Gasteiger partial charge in [0, 0.05) is 29.6 Å². The van der Waals surface area contributed by atoms with Crippen LogP contribution in [0.4, 0.5) is 5.69 Å². The normalized spacial score (nSPS) is 16.9. The van der Waals surface area contributed by atoms with Crippen molar-refractivity contribution in [3.8, 4) is 0 Å². The van der Waals surface area contributed by atoms with Gasteiger partial charge in [0.15, 0.2) is 0 Å². The van der Waals surface area contributed by atoms with Crippen molar-refractivity contribution in [1.82, 2.24) is 4.31 Å². The summed E-state index contributed by atoms with van der Waals surface area (Å²) in [6.45, 7) is 2.65. The Bertz CT molecular complexity index is 807. The minimum Gasteiger partial charge on any atom is -0.326 e. The van der Waals surface area contributed by atoms with Gasteiger partial charge in [-0.25, -0.2) is 8.42 Å². The molecule has 1 aliphatic heterocycles. The smallest absolute Gasteiger partial charge is 0.252 e. The molecule has 1 fully saturated rings. The highest BCUT2D eigenvalue weighted by molar-refractivity contribution is 7.91. The Labute approximate surface area is 146 Å². The van der Waals surface area contributed by atoms with E-state index in [-0.39, 0.29) is 11.8 Å². The van der Waals surface area contributed by atoms with E-state index in [1.807, 2.05) is 43.3 Å². The number of rotatable bonds is 4. The zero-order chi connectivity index (χ0) is 17.2. The third-order valence-corrected chi connectivity index (χ3v) is 7.54. The molecule has 2 aromatic rings. The van der Waals surface area contributed by atoms with E-state index in [0.717, 1.165) is 10.6 Å². The van der Waals surface area contributed by atoms with Crippen LogP contribution in [0.15, 0.2) is 46.7 Å². The van der Waals surface area contributed by atoms with Gasteiger partial charge in [-0.05, 0) is 44.0 Å². The number of nitrogens with zero attached hydrogens (tertiary/aromatic N) is 1. The van der Waals surface area contributed by atoms with Crippen molar-refractivity contribution >= 4 is 33.0 Å². The summed E-state index contributed by atoms with van der Waals surface area (Å²) >= 11 is 1.29. The van der Waals surface area contributed by atoms with Crippen molar-refractivity contribution in [2.24, 2.45) is 5.92 Å². The van der Waals surface area contributed by atoms with Gasteiger partial charge in [-0.3, -0.25) is 4.79 Å². The van der Waals surface area contributed by atoms with E-state index >= 15 is 0 Å². The maximum absolute atomic E-state index is 12.6. The molecule has 0 spiro atoms. The highest BCUT2D eigenvalue weighted by Crippen LogP contribution is 2.28. The average Bonchev–Trinajstić information content (AvgIpc) is 3.03. The summed E-state index contributed by atoms with van der Waals surface area (Å²) in [7, 11) is -3.43. The number of para-hydroxylation sites is 1. The number of amides is 1. The Morgan fingerprint density at radius 1 is 1.12 bits per heavy atom. The van der Waals surface area contributed by atoms with E-state index in [4.69, 9.17) is 0 Å². The van der Waals surface area contributed by atoms with Crippen LogP contribution in [0.5, 0.6) is 0 Å². The SMILES string of the molecule is Cc1ccc(S(=O)(=O)N2CCC(C(=O)Nc3ccccc3)CC2)s1. The third-order valence-electron chi connectivity index (χ3n) is 4.18. The lowest BCUT2D eigenvalue weighted by Gasteiger charge is -2.30. The van der Waals surface area contributed by atoms with Crippen molar-refractivity contribution in [3.63, 3.8) is 0 Å². The van der Waals surface area contributed by atoms with Gasteiger partial charge in [0.25, 0.3) is 10.0 Å². The molecule has 1 saturated heterocycles. The first-order valence-corrected chi connectivity index (χ1v) is 10.1. The lowest BCUT2D eigenvalue weighted by atomic mass is 9.97. The van der Waals surface area contributed by atoms with E-state index in [1.54, 1.807) is 6.07 Å². The number of hydrogen-bond acceptors (Lipinski definition) is 4. The monoisotopic (exact) mass is 364 g/mol. The first kappa shape index (κ1) is 17.1. The maximum Gasteiger partial charge on any atom is 0.252 e.